The summed E-state index contributed by atoms with van der Waals surface area (Å²) >= 11 is 0. The molecule has 82 valence electrons. The Morgan fingerprint density at radius 3 is 3.00 bits per heavy atom. The minimum Gasteiger partial charge on any atom is -0.494 e. The van der Waals surface area contributed by atoms with E-state index in [1.807, 2.05) is 25.1 Å². The van der Waals surface area contributed by atoms with Gasteiger partial charge in [0.15, 0.2) is 0 Å². The Morgan fingerprint density at radius 1 is 1.53 bits per heavy atom. The molecule has 4 heteroatoms. The van der Waals surface area contributed by atoms with E-state index in [1.165, 1.54) is 0 Å². The van der Waals surface area contributed by atoms with Crippen molar-refractivity contribution in [1.82, 2.24) is 0 Å². The van der Waals surface area contributed by atoms with E-state index in [0.717, 1.165) is 17.9 Å². The Labute approximate surface area is 88.9 Å². The Bertz CT molecular complexity index is 325. The van der Waals surface area contributed by atoms with Crippen LogP contribution in [0.4, 0.5) is 5.69 Å². The van der Waals surface area contributed by atoms with Gasteiger partial charge in [0.25, 0.3) is 0 Å². The van der Waals surface area contributed by atoms with Gasteiger partial charge in [0.1, 0.15) is 12.3 Å². The number of aliphatic carboxylic acids is 1. The van der Waals surface area contributed by atoms with E-state index in [4.69, 9.17) is 9.84 Å². The molecule has 0 amide bonds. The maximum atomic E-state index is 10.3. The Kier molecular flexibility index (Phi) is 4.47. The lowest BCUT2D eigenvalue weighted by Gasteiger charge is -2.07. The first-order chi connectivity index (χ1) is 7.22. The van der Waals surface area contributed by atoms with Crippen molar-refractivity contribution in [3.05, 3.63) is 24.3 Å². The fourth-order valence-corrected chi connectivity index (χ4v) is 1.09. The van der Waals surface area contributed by atoms with Crippen LogP contribution in [-0.2, 0) is 4.79 Å². The molecule has 1 aromatic carbocycles. The van der Waals surface area contributed by atoms with Crippen molar-refractivity contribution >= 4 is 11.7 Å². The van der Waals surface area contributed by atoms with Crippen LogP contribution in [0.25, 0.3) is 0 Å². The number of hydrogen-bond donors (Lipinski definition) is 2. The van der Waals surface area contributed by atoms with Gasteiger partial charge in [-0.3, -0.25) is 4.79 Å². The lowest BCUT2D eigenvalue weighted by molar-refractivity contribution is -0.134. The summed E-state index contributed by atoms with van der Waals surface area (Å²) in [7, 11) is 0. The molecule has 0 spiro atoms. The maximum Gasteiger partial charge on any atom is 0.322 e. The molecule has 0 aliphatic carbocycles. The lowest BCUT2D eigenvalue weighted by atomic mass is 10.3. The van der Waals surface area contributed by atoms with Crippen molar-refractivity contribution in [3.8, 4) is 5.75 Å². The van der Waals surface area contributed by atoms with Gasteiger partial charge in [-0.15, -0.1) is 0 Å². The van der Waals surface area contributed by atoms with Gasteiger partial charge in [-0.05, 0) is 18.6 Å². The van der Waals surface area contributed by atoms with Crippen molar-refractivity contribution in [2.75, 3.05) is 18.5 Å². The minimum absolute atomic E-state index is 0.0861. The van der Waals surface area contributed by atoms with Crippen molar-refractivity contribution in [1.29, 1.82) is 0 Å². The third-order valence-electron chi connectivity index (χ3n) is 1.75. The number of carbonyl (C=O) groups is 1. The summed E-state index contributed by atoms with van der Waals surface area (Å²) < 4.78 is 5.42. The summed E-state index contributed by atoms with van der Waals surface area (Å²) in [6, 6.07) is 7.27. The average molecular weight is 209 g/mol. The van der Waals surface area contributed by atoms with Gasteiger partial charge in [0.2, 0.25) is 0 Å². The van der Waals surface area contributed by atoms with Gasteiger partial charge in [0.05, 0.1) is 6.61 Å². The summed E-state index contributed by atoms with van der Waals surface area (Å²) in [5, 5.41) is 11.3. The molecule has 0 atom stereocenters. The van der Waals surface area contributed by atoms with E-state index in [1.54, 1.807) is 6.07 Å². The normalized spacial score (nSPS) is 9.67. The smallest absolute Gasteiger partial charge is 0.322 e. The van der Waals surface area contributed by atoms with E-state index in [9.17, 15) is 4.79 Å². The van der Waals surface area contributed by atoms with Crippen LogP contribution < -0.4 is 10.1 Å². The molecule has 0 radical (unpaired) electrons. The second kappa shape index (κ2) is 5.90. The van der Waals surface area contributed by atoms with Crippen molar-refractivity contribution in [2.45, 2.75) is 13.3 Å². The number of nitrogens with one attached hydrogen (secondary N) is 1. The summed E-state index contributed by atoms with van der Waals surface area (Å²) in [6.07, 6.45) is 0.951. The van der Waals surface area contributed by atoms with Crippen LogP contribution in [-0.4, -0.2) is 24.2 Å². The number of rotatable bonds is 6. The second-order valence-corrected chi connectivity index (χ2v) is 3.12. The first-order valence-electron chi connectivity index (χ1n) is 4.91. The molecule has 1 rings (SSSR count). The third-order valence-corrected chi connectivity index (χ3v) is 1.75. The molecule has 2 N–H and O–H groups in total. The molecule has 0 heterocycles. The van der Waals surface area contributed by atoms with Gasteiger partial charge < -0.3 is 15.2 Å². The molecule has 0 bridgehead atoms. The number of anilines is 1. The number of benzene rings is 1. The van der Waals surface area contributed by atoms with Crippen LogP contribution in [0.15, 0.2) is 24.3 Å². The van der Waals surface area contributed by atoms with Gasteiger partial charge in [-0.25, -0.2) is 0 Å². The molecule has 0 fully saturated rings. The average Bonchev–Trinajstić information content (AvgIpc) is 2.24. The summed E-state index contributed by atoms with van der Waals surface area (Å²) in [4.78, 5) is 10.3. The molecule has 4 nitrogen and oxygen atoms in total. The topological polar surface area (TPSA) is 58.6 Å². The van der Waals surface area contributed by atoms with E-state index < -0.39 is 5.97 Å². The molecule has 15 heavy (non-hydrogen) atoms. The fraction of sp³-hybridized carbons (Fsp3) is 0.364. The van der Waals surface area contributed by atoms with E-state index >= 15 is 0 Å². The zero-order valence-corrected chi connectivity index (χ0v) is 8.69. The Hall–Kier alpha value is -1.71. The highest BCUT2D eigenvalue weighted by molar-refractivity contribution is 5.72. The first kappa shape index (κ1) is 11.4. The summed E-state index contributed by atoms with van der Waals surface area (Å²) in [5.74, 6) is -0.123. The molecular weight excluding hydrogens is 194 g/mol. The highest BCUT2D eigenvalue weighted by atomic mass is 16.5. The van der Waals surface area contributed by atoms with Crippen molar-refractivity contribution in [2.24, 2.45) is 0 Å². The standard InChI is InChI=1S/C11H15NO3/c1-2-6-15-10-5-3-4-9(7-10)12-8-11(13)14/h3-5,7,12H,2,6,8H2,1H3,(H,13,14). The zero-order chi connectivity index (χ0) is 11.1. The quantitative estimate of drug-likeness (QED) is 0.752. The second-order valence-electron chi connectivity index (χ2n) is 3.12. The third kappa shape index (κ3) is 4.35. The van der Waals surface area contributed by atoms with Crippen LogP contribution >= 0.6 is 0 Å². The molecule has 0 aliphatic heterocycles. The predicted octanol–water partition coefficient (Wildman–Crippen LogP) is 1.97. The largest absolute Gasteiger partial charge is 0.494 e. The van der Waals surface area contributed by atoms with Gasteiger partial charge in [0, 0.05) is 11.8 Å². The Morgan fingerprint density at radius 2 is 2.33 bits per heavy atom. The lowest BCUT2D eigenvalue weighted by Crippen LogP contribution is -2.12. The highest BCUT2D eigenvalue weighted by Crippen LogP contribution is 2.17. The van der Waals surface area contributed by atoms with E-state index in [-0.39, 0.29) is 6.54 Å². The molecular formula is C11H15NO3. The SMILES string of the molecule is CCCOc1cccc(NCC(=O)O)c1. The summed E-state index contributed by atoms with van der Waals surface area (Å²) in [6.45, 7) is 2.62. The monoisotopic (exact) mass is 209 g/mol. The number of carboxylic acids is 1. The number of ether oxygens (including phenoxy) is 1. The molecule has 0 aromatic heterocycles. The van der Waals surface area contributed by atoms with Gasteiger partial charge in [-0.1, -0.05) is 13.0 Å². The first-order valence-corrected chi connectivity index (χ1v) is 4.91. The van der Waals surface area contributed by atoms with Crippen LogP contribution in [0.3, 0.4) is 0 Å². The maximum absolute atomic E-state index is 10.3. The molecule has 0 aliphatic rings. The molecule has 0 saturated heterocycles. The van der Waals surface area contributed by atoms with Crippen LogP contribution in [0.5, 0.6) is 5.75 Å². The number of carboxylic acid groups (broad SMARTS) is 1. The van der Waals surface area contributed by atoms with Crippen LogP contribution in [0.1, 0.15) is 13.3 Å². The van der Waals surface area contributed by atoms with Gasteiger partial charge >= 0.3 is 5.97 Å². The van der Waals surface area contributed by atoms with E-state index in [2.05, 4.69) is 5.32 Å². The molecule has 0 unspecified atom stereocenters. The van der Waals surface area contributed by atoms with Crippen molar-refractivity contribution in [3.63, 3.8) is 0 Å². The predicted molar refractivity (Wildman–Crippen MR) is 58.4 cm³/mol. The highest BCUT2D eigenvalue weighted by Gasteiger charge is 1.98. The van der Waals surface area contributed by atoms with Gasteiger partial charge in [-0.2, -0.15) is 0 Å². The van der Waals surface area contributed by atoms with Crippen molar-refractivity contribution < 1.29 is 14.6 Å². The van der Waals surface area contributed by atoms with Crippen LogP contribution in [0.2, 0.25) is 0 Å². The summed E-state index contributed by atoms with van der Waals surface area (Å²) in [5.41, 5.74) is 0.756. The van der Waals surface area contributed by atoms with Crippen LogP contribution in [0, 0.1) is 0 Å². The minimum atomic E-state index is -0.880. The zero-order valence-electron chi connectivity index (χ0n) is 8.69. The van der Waals surface area contributed by atoms with E-state index in [0.29, 0.717) is 6.61 Å². The molecule has 0 saturated carbocycles. The fourth-order valence-electron chi connectivity index (χ4n) is 1.09. The number of hydrogen-bond acceptors (Lipinski definition) is 3. The Balaban J connectivity index is 2.53. The molecule has 1 aromatic rings.